The Labute approximate surface area is 213 Å². The van der Waals surface area contributed by atoms with Crippen LogP contribution in [0, 0.1) is 5.92 Å². The highest BCUT2D eigenvalue weighted by atomic mass is 32.1. The number of halogens is 3. The van der Waals surface area contributed by atoms with E-state index in [1.807, 2.05) is 0 Å². The zero-order valence-electron chi connectivity index (χ0n) is 20.8. The highest BCUT2D eigenvalue weighted by molar-refractivity contribution is 7.22. The number of benzene rings is 1. The van der Waals surface area contributed by atoms with Crippen molar-refractivity contribution >= 4 is 38.7 Å². The van der Waals surface area contributed by atoms with Crippen LogP contribution in [0.4, 0.5) is 13.2 Å². The molecule has 0 N–H and O–H groups in total. The number of ketones is 1. The molecule has 0 bridgehead atoms. The van der Waals surface area contributed by atoms with Crippen LogP contribution in [0.25, 0.3) is 20.8 Å². The SMILES string of the molecule is CCC(C)CCCC(=O)Cc1sc2c(c1-c1nc3cc(C(F)(F)F)ccc3s1)CCN(C(C)C)C2. The highest BCUT2D eigenvalue weighted by Crippen LogP contribution is 2.44. The third-order valence-corrected chi connectivity index (χ3v) is 9.30. The molecule has 4 rings (SSSR count). The molecule has 0 fully saturated rings. The average Bonchev–Trinajstić information content (AvgIpc) is 3.37. The maximum Gasteiger partial charge on any atom is 0.416 e. The first-order chi connectivity index (χ1) is 16.6. The topological polar surface area (TPSA) is 33.2 Å². The van der Waals surface area contributed by atoms with Crippen molar-refractivity contribution in [2.75, 3.05) is 6.54 Å². The molecule has 8 heteroatoms. The Morgan fingerprint density at radius 1 is 1.20 bits per heavy atom. The predicted molar refractivity (Wildman–Crippen MR) is 139 cm³/mol. The molecule has 3 heterocycles. The van der Waals surface area contributed by atoms with Crippen LogP contribution >= 0.6 is 22.7 Å². The van der Waals surface area contributed by atoms with Crippen molar-refractivity contribution in [2.45, 2.75) is 85.0 Å². The van der Waals surface area contributed by atoms with E-state index in [-0.39, 0.29) is 5.78 Å². The number of alkyl halides is 3. The lowest BCUT2D eigenvalue weighted by Crippen LogP contribution is -2.35. The number of carbonyl (C=O) groups excluding carboxylic acids is 1. The van der Waals surface area contributed by atoms with E-state index in [1.165, 1.54) is 27.8 Å². The first-order valence-electron chi connectivity index (χ1n) is 12.4. The average molecular weight is 523 g/mol. The number of fused-ring (bicyclic) bond motifs is 2. The van der Waals surface area contributed by atoms with E-state index in [2.05, 4.69) is 37.6 Å². The minimum atomic E-state index is -4.40. The molecular weight excluding hydrogens is 489 g/mol. The fraction of sp³-hybridized carbons (Fsp3) is 0.556. The molecule has 0 amide bonds. The zero-order chi connectivity index (χ0) is 25.3. The molecule has 190 valence electrons. The van der Waals surface area contributed by atoms with Crippen molar-refractivity contribution in [1.82, 2.24) is 9.88 Å². The highest BCUT2D eigenvalue weighted by Gasteiger charge is 2.32. The van der Waals surface area contributed by atoms with Gasteiger partial charge in [-0.15, -0.1) is 22.7 Å². The first-order valence-corrected chi connectivity index (χ1v) is 14.1. The summed E-state index contributed by atoms with van der Waals surface area (Å²) in [5.74, 6) is 0.855. The summed E-state index contributed by atoms with van der Waals surface area (Å²) in [6, 6.07) is 4.20. The van der Waals surface area contributed by atoms with E-state index < -0.39 is 11.7 Å². The van der Waals surface area contributed by atoms with Crippen LogP contribution in [0.3, 0.4) is 0 Å². The number of hydrogen-bond acceptors (Lipinski definition) is 5. The van der Waals surface area contributed by atoms with Crippen LogP contribution in [0.2, 0.25) is 0 Å². The van der Waals surface area contributed by atoms with Gasteiger partial charge < -0.3 is 0 Å². The Morgan fingerprint density at radius 3 is 2.66 bits per heavy atom. The summed E-state index contributed by atoms with van der Waals surface area (Å²) in [7, 11) is 0. The maximum absolute atomic E-state index is 13.2. The molecular formula is C27H33F3N2OS2. The molecule has 1 atom stereocenters. The second-order valence-electron chi connectivity index (χ2n) is 9.94. The lowest BCUT2D eigenvalue weighted by molar-refractivity contribution is -0.137. The van der Waals surface area contributed by atoms with Crippen molar-refractivity contribution in [1.29, 1.82) is 0 Å². The van der Waals surface area contributed by atoms with Crippen LogP contribution in [0.15, 0.2) is 18.2 Å². The number of hydrogen-bond donors (Lipinski definition) is 0. The quantitative estimate of drug-likeness (QED) is 0.284. The largest absolute Gasteiger partial charge is 0.416 e. The van der Waals surface area contributed by atoms with E-state index in [1.54, 1.807) is 11.3 Å². The molecule has 1 unspecified atom stereocenters. The molecule has 1 aromatic carbocycles. The number of aromatic nitrogens is 1. The molecule has 1 aliphatic rings. The minimum Gasteiger partial charge on any atom is -0.299 e. The monoisotopic (exact) mass is 522 g/mol. The van der Waals surface area contributed by atoms with Gasteiger partial charge in [-0.25, -0.2) is 4.98 Å². The summed E-state index contributed by atoms with van der Waals surface area (Å²) in [6.45, 7) is 10.5. The lowest BCUT2D eigenvalue weighted by atomic mass is 9.97. The van der Waals surface area contributed by atoms with Gasteiger partial charge in [0, 0.05) is 47.3 Å². The molecule has 0 radical (unpaired) electrons. The normalized spacial score (nSPS) is 15.7. The van der Waals surface area contributed by atoms with Crippen molar-refractivity contribution in [2.24, 2.45) is 5.92 Å². The number of rotatable bonds is 9. The van der Waals surface area contributed by atoms with Crippen LogP contribution < -0.4 is 0 Å². The summed E-state index contributed by atoms with van der Waals surface area (Å²) in [6.07, 6.45) is 0.488. The van der Waals surface area contributed by atoms with E-state index >= 15 is 0 Å². The maximum atomic E-state index is 13.2. The number of thiophene rings is 1. The predicted octanol–water partition coefficient (Wildman–Crippen LogP) is 8.14. The summed E-state index contributed by atoms with van der Waals surface area (Å²) < 4.78 is 40.5. The summed E-state index contributed by atoms with van der Waals surface area (Å²) in [5, 5.41) is 0.734. The molecule has 1 aliphatic heterocycles. The molecule has 0 spiro atoms. The number of carbonyl (C=O) groups is 1. The van der Waals surface area contributed by atoms with Crippen LogP contribution in [0.5, 0.6) is 0 Å². The van der Waals surface area contributed by atoms with Gasteiger partial charge in [0.15, 0.2) is 0 Å². The van der Waals surface area contributed by atoms with Crippen LogP contribution in [-0.4, -0.2) is 28.3 Å². The van der Waals surface area contributed by atoms with Crippen molar-refractivity contribution in [3.8, 4) is 10.6 Å². The third kappa shape index (κ3) is 5.97. The molecule has 3 nitrogen and oxygen atoms in total. The minimum absolute atomic E-state index is 0.231. The lowest BCUT2D eigenvalue weighted by Gasteiger charge is -2.30. The molecule has 0 saturated carbocycles. The van der Waals surface area contributed by atoms with Gasteiger partial charge >= 0.3 is 6.18 Å². The van der Waals surface area contributed by atoms with E-state index in [4.69, 9.17) is 0 Å². The van der Waals surface area contributed by atoms with Gasteiger partial charge in [-0.1, -0.05) is 26.7 Å². The third-order valence-electron chi connectivity index (χ3n) is 7.03. The first kappa shape index (κ1) is 26.3. The van der Waals surface area contributed by atoms with Gasteiger partial charge in [0.25, 0.3) is 0 Å². The Bertz CT molecular complexity index is 1200. The smallest absolute Gasteiger partial charge is 0.299 e. The van der Waals surface area contributed by atoms with Gasteiger partial charge in [0.1, 0.15) is 10.8 Å². The standard InChI is InChI=1S/C27H33F3N2OS2/c1-5-17(4)7-6-8-19(33)14-23-25(20-11-12-32(16(2)3)15-24(20)34-23)26-31-21-13-18(27(28,29)30)9-10-22(21)35-26/h9-10,13,16-17H,5-8,11-12,14-15H2,1-4H3. The second-order valence-corrected chi connectivity index (χ2v) is 12.2. The Kier molecular flexibility index (Phi) is 8.03. The Balaban J connectivity index is 1.68. The molecule has 0 saturated heterocycles. The van der Waals surface area contributed by atoms with Gasteiger partial charge in [0.05, 0.1) is 15.8 Å². The van der Waals surface area contributed by atoms with E-state index in [9.17, 15) is 18.0 Å². The number of nitrogens with zero attached hydrogens (tertiary/aromatic N) is 2. The van der Waals surface area contributed by atoms with Crippen LogP contribution in [-0.2, 0) is 30.4 Å². The molecule has 2 aromatic heterocycles. The Morgan fingerprint density at radius 2 is 1.97 bits per heavy atom. The fourth-order valence-corrected chi connectivity index (χ4v) is 7.14. The van der Waals surface area contributed by atoms with Gasteiger partial charge in [-0.3, -0.25) is 9.69 Å². The van der Waals surface area contributed by atoms with Gasteiger partial charge in [-0.05, 0) is 56.4 Å². The molecule has 3 aromatic rings. The number of Topliss-reactive ketones (excluding diaryl/α,β-unsaturated/α-hetero) is 1. The molecule has 0 aliphatic carbocycles. The second kappa shape index (κ2) is 10.7. The van der Waals surface area contributed by atoms with Crippen molar-refractivity contribution in [3.05, 3.63) is 39.1 Å². The fourth-order valence-electron chi connectivity index (χ4n) is 4.62. The van der Waals surface area contributed by atoms with Crippen LogP contribution in [0.1, 0.15) is 74.3 Å². The van der Waals surface area contributed by atoms with Crippen molar-refractivity contribution < 1.29 is 18.0 Å². The summed E-state index contributed by atoms with van der Waals surface area (Å²) in [5.41, 5.74) is 1.91. The summed E-state index contributed by atoms with van der Waals surface area (Å²) >= 11 is 3.12. The number of thiazole rings is 1. The molecule has 35 heavy (non-hydrogen) atoms. The Hall–Kier alpha value is -1.77. The van der Waals surface area contributed by atoms with E-state index in [0.717, 1.165) is 71.1 Å². The van der Waals surface area contributed by atoms with E-state index in [0.29, 0.717) is 30.3 Å². The summed E-state index contributed by atoms with van der Waals surface area (Å²) in [4.78, 5) is 22.3. The van der Waals surface area contributed by atoms with Gasteiger partial charge in [-0.2, -0.15) is 13.2 Å². The zero-order valence-corrected chi connectivity index (χ0v) is 22.4. The van der Waals surface area contributed by atoms with Crippen molar-refractivity contribution in [3.63, 3.8) is 0 Å². The van der Waals surface area contributed by atoms with Gasteiger partial charge in [0.2, 0.25) is 0 Å².